The van der Waals surface area contributed by atoms with Crippen molar-refractivity contribution in [3.63, 3.8) is 0 Å². The fraction of sp³-hybridized carbons (Fsp3) is 0.103. The predicted molar refractivity (Wildman–Crippen MR) is 143 cm³/mol. The largest absolute Gasteiger partial charge is 0.493 e. The highest BCUT2D eigenvalue weighted by atomic mass is 79.9. The Bertz CT molecular complexity index is 1360. The summed E-state index contributed by atoms with van der Waals surface area (Å²) in [5.41, 5.74) is 2.33. The molecule has 0 spiro atoms. The maximum atomic E-state index is 14.0. The molecule has 6 nitrogen and oxygen atoms in total. The van der Waals surface area contributed by atoms with Crippen LogP contribution in [0.15, 0.2) is 107 Å². The Balaban J connectivity index is 1.53. The first-order valence-corrected chi connectivity index (χ1v) is 12.1. The number of aliphatic hydroxyl groups is 1. The van der Waals surface area contributed by atoms with Gasteiger partial charge in [0.2, 0.25) is 0 Å². The molecule has 0 saturated carbocycles. The summed E-state index contributed by atoms with van der Waals surface area (Å²) < 4.78 is 25.8. The number of amides is 1. The van der Waals surface area contributed by atoms with Crippen LogP contribution in [0.3, 0.4) is 0 Å². The second-order valence-corrected chi connectivity index (χ2v) is 8.91. The van der Waals surface area contributed by atoms with Crippen molar-refractivity contribution in [2.75, 3.05) is 7.11 Å². The van der Waals surface area contributed by atoms with Crippen LogP contribution in [0.2, 0.25) is 0 Å². The molecule has 8 heteroatoms. The molecule has 1 amide bonds. The molecule has 0 heterocycles. The van der Waals surface area contributed by atoms with Gasteiger partial charge in [-0.3, -0.25) is 4.79 Å². The Morgan fingerprint density at radius 1 is 1.00 bits per heavy atom. The van der Waals surface area contributed by atoms with Crippen LogP contribution in [0.1, 0.15) is 22.3 Å². The predicted octanol–water partition coefficient (Wildman–Crippen LogP) is 5.56. The SMILES string of the molecule is COc1cc(/C=N\NC(=O)C(O)(c2ccccc2)c2ccccc2)cc(Br)c1OCc1ccccc1F. The van der Waals surface area contributed by atoms with E-state index in [0.717, 1.165) is 0 Å². The Morgan fingerprint density at radius 3 is 2.19 bits per heavy atom. The van der Waals surface area contributed by atoms with E-state index in [4.69, 9.17) is 9.47 Å². The van der Waals surface area contributed by atoms with Crippen molar-refractivity contribution >= 4 is 28.1 Å². The lowest BCUT2D eigenvalue weighted by Crippen LogP contribution is -2.43. The highest BCUT2D eigenvalue weighted by Crippen LogP contribution is 2.37. The van der Waals surface area contributed by atoms with Gasteiger partial charge in [0.25, 0.3) is 5.91 Å². The van der Waals surface area contributed by atoms with Crippen LogP contribution in [0.4, 0.5) is 4.39 Å². The maximum Gasteiger partial charge on any atom is 0.281 e. The molecule has 0 atom stereocenters. The average molecular weight is 563 g/mol. The molecular formula is C29H24BrFN2O4. The Labute approximate surface area is 222 Å². The van der Waals surface area contributed by atoms with Crippen LogP contribution in [0.5, 0.6) is 11.5 Å². The third kappa shape index (κ3) is 5.87. The number of benzene rings is 4. The van der Waals surface area contributed by atoms with E-state index in [1.165, 1.54) is 19.4 Å². The molecule has 4 aromatic rings. The first-order valence-electron chi connectivity index (χ1n) is 11.3. The number of carbonyl (C=O) groups is 1. The third-order valence-electron chi connectivity index (χ3n) is 5.67. The molecule has 37 heavy (non-hydrogen) atoms. The van der Waals surface area contributed by atoms with Crippen LogP contribution in [0, 0.1) is 5.82 Å². The molecule has 188 valence electrons. The first kappa shape index (κ1) is 26.1. The normalized spacial score (nSPS) is 11.4. The quantitative estimate of drug-likeness (QED) is 0.207. The molecule has 4 rings (SSSR count). The zero-order chi connectivity index (χ0) is 26.3. The topological polar surface area (TPSA) is 80.2 Å². The summed E-state index contributed by atoms with van der Waals surface area (Å²) in [4.78, 5) is 13.2. The van der Waals surface area contributed by atoms with Gasteiger partial charge in [0.1, 0.15) is 12.4 Å². The molecule has 0 unspecified atom stereocenters. The van der Waals surface area contributed by atoms with E-state index in [2.05, 4.69) is 26.5 Å². The summed E-state index contributed by atoms with van der Waals surface area (Å²) in [6.45, 7) is 0.0165. The molecule has 0 aliphatic carbocycles. The highest BCUT2D eigenvalue weighted by Gasteiger charge is 2.39. The van der Waals surface area contributed by atoms with Crippen molar-refractivity contribution in [2.24, 2.45) is 5.10 Å². The standard InChI is InChI=1S/C29H24BrFN2O4/c1-36-26-17-20(16-24(30)27(26)37-19-21-10-8-9-15-25(21)31)18-32-33-28(34)29(35,22-11-4-2-5-12-22)23-13-6-3-7-14-23/h2-18,35H,19H2,1H3,(H,33,34)/b32-18-. The van der Waals surface area contributed by atoms with Gasteiger partial charge in [0.15, 0.2) is 17.1 Å². The van der Waals surface area contributed by atoms with Crippen molar-refractivity contribution in [1.82, 2.24) is 5.43 Å². The number of hydrazone groups is 1. The van der Waals surface area contributed by atoms with E-state index in [9.17, 15) is 14.3 Å². The fourth-order valence-corrected chi connectivity index (χ4v) is 4.33. The maximum absolute atomic E-state index is 14.0. The summed E-state index contributed by atoms with van der Waals surface area (Å²) >= 11 is 3.46. The number of hydrogen-bond donors (Lipinski definition) is 2. The zero-order valence-corrected chi connectivity index (χ0v) is 21.5. The van der Waals surface area contributed by atoms with E-state index >= 15 is 0 Å². The van der Waals surface area contributed by atoms with Crippen LogP contribution in [-0.4, -0.2) is 24.3 Å². The zero-order valence-electron chi connectivity index (χ0n) is 19.9. The molecule has 0 aliphatic rings. The van der Waals surface area contributed by atoms with Crippen molar-refractivity contribution < 1.29 is 23.8 Å². The van der Waals surface area contributed by atoms with Crippen molar-refractivity contribution in [3.8, 4) is 11.5 Å². The molecule has 0 radical (unpaired) electrons. The van der Waals surface area contributed by atoms with E-state index in [1.54, 1.807) is 91.0 Å². The van der Waals surface area contributed by atoms with Gasteiger partial charge in [0, 0.05) is 5.56 Å². The van der Waals surface area contributed by atoms with Gasteiger partial charge < -0.3 is 14.6 Å². The van der Waals surface area contributed by atoms with Gasteiger partial charge in [0.05, 0.1) is 17.8 Å². The number of nitrogens with zero attached hydrogens (tertiary/aromatic N) is 1. The minimum Gasteiger partial charge on any atom is -0.493 e. The molecule has 4 aromatic carbocycles. The third-order valence-corrected chi connectivity index (χ3v) is 6.26. The molecule has 0 aromatic heterocycles. The molecule has 0 saturated heterocycles. The lowest BCUT2D eigenvalue weighted by molar-refractivity contribution is -0.136. The summed E-state index contributed by atoms with van der Waals surface area (Å²) in [5.74, 6) is -0.280. The van der Waals surface area contributed by atoms with Crippen LogP contribution >= 0.6 is 15.9 Å². The minimum absolute atomic E-state index is 0.0165. The van der Waals surface area contributed by atoms with Gasteiger partial charge in [-0.25, -0.2) is 9.82 Å². The van der Waals surface area contributed by atoms with Gasteiger partial charge in [-0.05, 0) is 50.8 Å². The number of nitrogens with one attached hydrogen (secondary N) is 1. The second-order valence-electron chi connectivity index (χ2n) is 8.06. The molecular weight excluding hydrogens is 539 g/mol. The molecule has 0 aliphatic heterocycles. The van der Waals surface area contributed by atoms with E-state index in [0.29, 0.717) is 38.2 Å². The van der Waals surface area contributed by atoms with Gasteiger partial charge >= 0.3 is 0 Å². The first-order chi connectivity index (χ1) is 17.9. The summed E-state index contributed by atoms with van der Waals surface area (Å²) in [5, 5.41) is 15.6. The lowest BCUT2D eigenvalue weighted by Gasteiger charge is -2.27. The fourth-order valence-electron chi connectivity index (χ4n) is 3.75. The number of halogens is 2. The number of methoxy groups -OCH3 is 1. The lowest BCUT2D eigenvalue weighted by atomic mass is 9.85. The number of ether oxygens (including phenoxy) is 2. The Hall–Kier alpha value is -4.01. The smallest absolute Gasteiger partial charge is 0.281 e. The summed E-state index contributed by atoms with van der Waals surface area (Å²) in [6.07, 6.45) is 1.42. The van der Waals surface area contributed by atoms with Gasteiger partial charge in [-0.15, -0.1) is 0 Å². The minimum atomic E-state index is -1.94. The molecule has 0 bridgehead atoms. The summed E-state index contributed by atoms with van der Waals surface area (Å²) in [6, 6.07) is 27.1. The Kier molecular flexibility index (Phi) is 8.32. The monoisotopic (exact) mass is 562 g/mol. The van der Waals surface area contributed by atoms with Crippen molar-refractivity contribution in [3.05, 3.63) is 130 Å². The van der Waals surface area contributed by atoms with E-state index < -0.39 is 11.5 Å². The van der Waals surface area contributed by atoms with Gasteiger partial charge in [-0.1, -0.05) is 78.9 Å². The highest BCUT2D eigenvalue weighted by molar-refractivity contribution is 9.10. The van der Waals surface area contributed by atoms with E-state index in [-0.39, 0.29) is 12.4 Å². The van der Waals surface area contributed by atoms with Crippen molar-refractivity contribution in [1.29, 1.82) is 0 Å². The van der Waals surface area contributed by atoms with Crippen molar-refractivity contribution in [2.45, 2.75) is 12.2 Å². The second kappa shape index (κ2) is 11.8. The molecule has 0 fully saturated rings. The van der Waals surface area contributed by atoms with Gasteiger partial charge in [-0.2, -0.15) is 5.10 Å². The summed E-state index contributed by atoms with van der Waals surface area (Å²) in [7, 11) is 1.49. The van der Waals surface area contributed by atoms with Crippen LogP contribution in [0.25, 0.3) is 0 Å². The van der Waals surface area contributed by atoms with Crippen LogP contribution < -0.4 is 14.9 Å². The van der Waals surface area contributed by atoms with Crippen LogP contribution in [-0.2, 0) is 17.0 Å². The number of carbonyl (C=O) groups excluding carboxylic acids is 1. The Morgan fingerprint density at radius 2 is 1.59 bits per heavy atom. The average Bonchev–Trinajstić information content (AvgIpc) is 2.93. The van der Waals surface area contributed by atoms with E-state index in [1.807, 2.05) is 0 Å². The number of rotatable bonds is 9. The number of hydrogen-bond acceptors (Lipinski definition) is 5. The molecule has 2 N–H and O–H groups in total.